The van der Waals surface area contributed by atoms with Crippen molar-refractivity contribution < 1.29 is 19.0 Å². The standard InChI is InChI=1S/C25H32FN3O3/c1-4-9-21(30)17-29(14-15-31-3)18-23-24(19-10-6-5-7-11-19)27-28(2)25(23)32-22-13-8-12-20(26)16-22/h5-8,10-13,16,21,30H,4,9,14-15,17-18H2,1-3H3/t21-/m0/s1. The minimum atomic E-state index is -0.429. The van der Waals surface area contributed by atoms with Crippen LogP contribution in [-0.4, -0.2) is 52.7 Å². The van der Waals surface area contributed by atoms with Gasteiger partial charge in [-0.05, 0) is 18.6 Å². The predicted octanol–water partition coefficient (Wildman–Crippen LogP) is 4.63. The molecule has 0 radical (unpaired) electrons. The van der Waals surface area contributed by atoms with Gasteiger partial charge in [0.2, 0.25) is 5.88 Å². The fourth-order valence-corrected chi connectivity index (χ4v) is 3.69. The van der Waals surface area contributed by atoms with Crippen molar-refractivity contribution in [2.45, 2.75) is 32.4 Å². The van der Waals surface area contributed by atoms with Crippen LogP contribution in [0.3, 0.4) is 0 Å². The number of rotatable bonds is 12. The lowest BCUT2D eigenvalue weighted by Gasteiger charge is -2.25. The van der Waals surface area contributed by atoms with Gasteiger partial charge in [0.1, 0.15) is 17.3 Å². The number of aliphatic hydroxyl groups is 1. The van der Waals surface area contributed by atoms with Crippen molar-refractivity contribution in [1.82, 2.24) is 14.7 Å². The van der Waals surface area contributed by atoms with Crippen molar-refractivity contribution in [1.29, 1.82) is 0 Å². The lowest BCUT2D eigenvalue weighted by Crippen LogP contribution is -2.34. The predicted molar refractivity (Wildman–Crippen MR) is 123 cm³/mol. The zero-order valence-corrected chi connectivity index (χ0v) is 19.0. The number of benzene rings is 2. The molecule has 7 heteroatoms. The van der Waals surface area contributed by atoms with Crippen molar-refractivity contribution in [3.05, 3.63) is 66.0 Å². The molecular weight excluding hydrogens is 409 g/mol. The molecule has 0 aliphatic carbocycles. The van der Waals surface area contributed by atoms with Gasteiger partial charge in [-0.15, -0.1) is 0 Å². The second-order valence-corrected chi connectivity index (χ2v) is 7.85. The summed E-state index contributed by atoms with van der Waals surface area (Å²) in [7, 11) is 3.48. The maximum atomic E-state index is 13.8. The first-order valence-corrected chi connectivity index (χ1v) is 11.0. The average molecular weight is 442 g/mol. The summed E-state index contributed by atoms with van der Waals surface area (Å²) in [5.74, 6) is 0.587. The van der Waals surface area contributed by atoms with E-state index in [1.165, 1.54) is 12.1 Å². The third-order valence-electron chi connectivity index (χ3n) is 5.23. The first kappa shape index (κ1) is 23.9. The molecule has 0 fully saturated rings. The third-order valence-corrected chi connectivity index (χ3v) is 5.23. The number of nitrogens with zero attached hydrogens (tertiary/aromatic N) is 3. The van der Waals surface area contributed by atoms with Gasteiger partial charge >= 0.3 is 0 Å². The van der Waals surface area contributed by atoms with Crippen LogP contribution in [0.5, 0.6) is 11.6 Å². The summed E-state index contributed by atoms with van der Waals surface area (Å²) >= 11 is 0. The van der Waals surface area contributed by atoms with Crippen molar-refractivity contribution in [2.75, 3.05) is 26.8 Å². The molecule has 0 saturated heterocycles. The summed E-state index contributed by atoms with van der Waals surface area (Å²) in [5.41, 5.74) is 2.64. The number of methoxy groups -OCH3 is 1. The van der Waals surface area contributed by atoms with Crippen LogP contribution in [0.15, 0.2) is 54.6 Å². The van der Waals surface area contributed by atoms with Crippen molar-refractivity contribution in [3.63, 3.8) is 0 Å². The lowest BCUT2D eigenvalue weighted by atomic mass is 10.1. The molecule has 6 nitrogen and oxygen atoms in total. The minimum Gasteiger partial charge on any atom is -0.439 e. The van der Waals surface area contributed by atoms with E-state index in [-0.39, 0.29) is 5.82 Å². The summed E-state index contributed by atoms with van der Waals surface area (Å²) in [4.78, 5) is 2.14. The molecule has 1 N–H and O–H groups in total. The smallest absolute Gasteiger partial charge is 0.222 e. The Morgan fingerprint density at radius 1 is 1.16 bits per heavy atom. The van der Waals surface area contributed by atoms with E-state index in [0.717, 1.165) is 29.7 Å². The van der Waals surface area contributed by atoms with Crippen LogP contribution in [0, 0.1) is 5.82 Å². The molecule has 3 rings (SSSR count). The molecule has 0 saturated carbocycles. The van der Waals surface area contributed by atoms with Gasteiger partial charge in [-0.25, -0.2) is 9.07 Å². The van der Waals surface area contributed by atoms with E-state index in [1.54, 1.807) is 23.9 Å². The second-order valence-electron chi connectivity index (χ2n) is 7.85. The van der Waals surface area contributed by atoms with E-state index in [2.05, 4.69) is 11.8 Å². The molecule has 0 aliphatic heterocycles. The van der Waals surface area contributed by atoms with Crippen LogP contribution in [0.4, 0.5) is 4.39 Å². The van der Waals surface area contributed by atoms with E-state index in [1.807, 2.05) is 37.4 Å². The van der Waals surface area contributed by atoms with Gasteiger partial charge in [-0.2, -0.15) is 5.10 Å². The maximum Gasteiger partial charge on any atom is 0.222 e. The van der Waals surface area contributed by atoms with Crippen LogP contribution in [0.1, 0.15) is 25.3 Å². The molecular formula is C25H32FN3O3. The summed E-state index contributed by atoms with van der Waals surface area (Å²) < 4.78 is 26.8. The molecule has 3 aromatic rings. The Bertz CT molecular complexity index is 978. The Morgan fingerprint density at radius 2 is 1.94 bits per heavy atom. The van der Waals surface area contributed by atoms with Gasteiger partial charge in [-0.3, -0.25) is 4.90 Å². The van der Waals surface area contributed by atoms with Crippen LogP contribution in [0.2, 0.25) is 0 Å². The van der Waals surface area contributed by atoms with Crippen LogP contribution in [0.25, 0.3) is 11.3 Å². The largest absolute Gasteiger partial charge is 0.439 e. The number of aryl methyl sites for hydroxylation is 1. The summed E-state index contributed by atoms with van der Waals surface area (Å²) in [5, 5.41) is 15.2. The first-order valence-electron chi connectivity index (χ1n) is 11.0. The number of hydrogen-bond acceptors (Lipinski definition) is 5. The van der Waals surface area contributed by atoms with E-state index in [9.17, 15) is 9.50 Å². The fraction of sp³-hybridized carbons (Fsp3) is 0.400. The Hall–Kier alpha value is -2.74. The Morgan fingerprint density at radius 3 is 2.62 bits per heavy atom. The number of hydrogen-bond donors (Lipinski definition) is 1. The molecule has 0 spiro atoms. The van der Waals surface area contributed by atoms with Crippen molar-refractivity contribution in [2.24, 2.45) is 7.05 Å². The van der Waals surface area contributed by atoms with E-state index in [4.69, 9.17) is 14.6 Å². The van der Waals surface area contributed by atoms with Gasteiger partial charge in [0, 0.05) is 45.4 Å². The minimum absolute atomic E-state index is 0.362. The molecule has 0 amide bonds. The van der Waals surface area contributed by atoms with E-state index >= 15 is 0 Å². The maximum absolute atomic E-state index is 13.8. The Balaban J connectivity index is 1.99. The molecule has 1 aromatic heterocycles. The number of halogens is 1. The highest BCUT2D eigenvalue weighted by molar-refractivity contribution is 5.65. The molecule has 172 valence electrons. The van der Waals surface area contributed by atoms with Crippen LogP contribution < -0.4 is 4.74 Å². The topological polar surface area (TPSA) is 59.8 Å². The highest BCUT2D eigenvalue weighted by Gasteiger charge is 2.23. The van der Waals surface area contributed by atoms with Gasteiger partial charge in [0.05, 0.1) is 18.3 Å². The Labute approximate surface area is 189 Å². The third kappa shape index (κ3) is 6.38. The monoisotopic (exact) mass is 441 g/mol. The quantitative estimate of drug-likeness (QED) is 0.444. The van der Waals surface area contributed by atoms with Crippen LogP contribution >= 0.6 is 0 Å². The SMILES string of the molecule is CCC[C@H](O)CN(CCOC)Cc1c(-c2ccccc2)nn(C)c1Oc1cccc(F)c1. The molecule has 1 heterocycles. The van der Waals surface area contributed by atoms with Gasteiger partial charge in [0.15, 0.2) is 0 Å². The van der Waals surface area contributed by atoms with Gasteiger partial charge < -0.3 is 14.6 Å². The zero-order chi connectivity index (χ0) is 22.9. The summed E-state index contributed by atoms with van der Waals surface area (Å²) in [6.07, 6.45) is 1.21. The van der Waals surface area contributed by atoms with Crippen molar-refractivity contribution >= 4 is 0 Å². The van der Waals surface area contributed by atoms with Crippen LogP contribution in [-0.2, 0) is 18.3 Å². The number of ether oxygens (including phenoxy) is 2. The van der Waals surface area contributed by atoms with E-state index < -0.39 is 6.10 Å². The number of aliphatic hydroxyl groups excluding tert-OH is 1. The summed E-state index contributed by atoms with van der Waals surface area (Å²) in [6, 6.07) is 16.0. The molecule has 0 aliphatic rings. The summed E-state index contributed by atoms with van der Waals surface area (Å²) in [6.45, 7) is 4.27. The number of aromatic nitrogens is 2. The van der Waals surface area contributed by atoms with Gasteiger partial charge in [0.25, 0.3) is 0 Å². The van der Waals surface area contributed by atoms with Crippen molar-refractivity contribution in [3.8, 4) is 22.9 Å². The normalized spacial score (nSPS) is 12.3. The lowest BCUT2D eigenvalue weighted by molar-refractivity contribution is 0.0797. The molecule has 0 unspecified atom stereocenters. The van der Waals surface area contributed by atoms with E-state index in [0.29, 0.717) is 37.9 Å². The highest BCUT2D eigenvalue weighted by Crippen LogP contribution is 2.34. The second kappa shape index (κ2) is 11.8. The molecule has 32 heavy (non-hydrogen) atoms. The first-order chi connectivity index (χ1) is 15.5. The highest BCUT2D eigenvalue weighted by atomic mass is 19.1. The fourth-order valence-electron chi connectivity index (χ4n) is 3.69. The Kier molecular flexibility index (Phi) is 8.79. The molecule has 2 aromatic carbocycles. The molecule has 1 atom stereocenters. The molecule has 0 bridgehead atoms. The average Bonchev–Trinajstić information content (AvgIpc) is 3.08. The van der Waals surface area contributed by atoms with Gasteiger partial charge in [-0.1, -0.05) is 49.7 Å². The zero-order valence-electron chi connectivity index (χ0n) is 19.0.